The standard InChI is InChI=1S/C20H22O6/c21-11-15-17-18(26-20(25-17)14-9-5-2-6-10-14)16(12-22)24-19(23-15)13-7-3-1-4-8-13/h1-10,15-22H,11-12H2/t15-,16+,17-,18-,19?,20?/m0/s1. The molecule has 0 aromatic heterocycles. The monoisotopic (exact) mass is 358 g/mol. The molecule has 4 rings (SSSR count). The van der Waals surface area contributed by atoms with Gasteiger partial charge in [0.25, 0.3) is 0 Å². The van der Waals surface area contributed by atoms with Crippen molar-refractivity contribution >= 4 is 0 Å². The van der Waals surface area contributed by atoms with Crippen molar-refractivity contribution in [3.63, 3.8) is 0 Å². The van der Waals surface area contributed by atoms with Gasteiger partial charge < -0.3 is 29.2 Å². The van der Waals surface area contributed by atoms with Crippen molar-refractivity contribution in [1.82, 2.24) is 0 Å². The second-order valence-electron chi connectivity index (χ2n) is 6.40. The quantitative estimate of drug-likeness (QED) is 0.870. The number of ether oxygens (including phenoxy) is 4. The summed E-state index contributed by atoms with van der Waals surface area (Å²) in [6.45, 7) is -0.478. The Labute approximate surface area is 151 Å². The van der Waals surface area contributed by atoms with E-state index in [4.69, 9.17) is 18.9 Å². The maximum atomic E-state index is 9.86. The van der Waals surface area contributed by atoms with E-state index in [1.165, 1.54) is 0 Å². The normalized spacial score (nSPS) is 34.2. The largest absolute Gasteiger partial charge is 0.394 e. The van der Waals surface area contributed by atoms with Gasteiger partial charge in [-0.1, -0.05) is 60.7 Å². The molecule has 0 radical (unpaired) electrons. The zero-order valence-electron chi connectivity index (χ0n) is 14.2. The summed E-state index contributed by atoms with van der Waals surface area (Å²) in [5.41, 5.74) is 1.68. The van der Waals surface area contributed by atoms with Gasteiger partial charge in [-0.15, -0.1) is 0 Å². The summed E-state index contributed by atoms with van der Waals surface area (Å²) in [7, 11) is 0. The molecule has 6 atom stereocenters. The minimum Gasteiger partial charge on any atom is -0.394 e. The molecule has 2 aromatic rings. The first-order valence-corrected chi connectivity index (χ1v) is 8.73. The summed E-state index contributed by atoms with van der Waals surface area (Å²) in [6.07, 6.45) is -3.65. The van der Waals surface area contributed by atoms with Crippen molar-refractivity contribution < 1.29 is 29.2 Å². The third-order valence-corrected chi connectivity index (χ3v) is 4.72. The molecule has 0 amide bonds. The summed E-state index contributed by atoms with van der Waals surface area (Å²) in [6, 6.07) is 19.0. The van der Waals surface area contributed by atoms with Crippen molar-refractivity contribution in [1.29, 1.82) is 0 Å². The highest BCUT2D eigenvalue weighted by Crippen LogP contribution is 2.40. The van der Waals surface area contributed by atoms with Crippen LogP contribution in [0.3, 0.4) is 0 Å². The number of benzene rings is 2. The van der Waals surface area contributed by atoms with E-state index in [1.807, 2.05) is 60.7 Å². The van der Waals surface area contributed by atoms with Gasteiger partial charge in [-0.3, -0.25) is 0 Å². The number of hydrogen-bond donors (Lipinski definition) is 2. The van der Waals surface area contributed by atoms with Crippen molar-refractivity contribution in [2.75, 3.05) is 13.2 Å². The van der Waals surface area contributed by atoms with E-state index in [9.17, 15) is 10.2 Å². The number of hydrogen-bond acceptors (Lipinski definition) is 6. The van der Waals surface area contributed by atoms with Crippen molar-refractivity contribution in [3.05, 3.63) is 71.8 Å². The Morgan fingerprint density at radius 2 is 0.962 bits per heavy atom. The fourth-order valence-corrected chi connectivity index (χ4v) is 3.40. The second-order valence-corrected chi connectivity index (χ2v) is 6.40. The predicted molar refractivity (Wildman–Crippen MR) is 92.0 cm³/mol. The molecule has 2 saturated heterocycles. The van der Waals surface area contributed by atoms with Gasteiger partial charge in [0.2, 0.25) is 0 Å². The zero-order valence-corrected chi connectivity index (χ0v) is 14.2. The van der Waals surface area contributed by atoms with Crippen LogP contribution in [0, 0.1) is 0 Å². The highest BCUT2D eigenvalue weighted by Gasteiger charge is 2.50. The lowest BCUT2D eigenvalue weighted by Crippen LogP contribution is -2.43. The van der Waals surface area contributed by atoms with E-state index >= 15 is 0 Å². The van der Waals surface area contributed by atoms with Crippen LogP contribution in [0.2, 0.25) is 0 Å². The molecule has 2 unspecified atom stereocenters. The first-order valence-electron chi connectivity index (χ1n) is 8.73. The molecule has 2 aromatic carbocycles. The van der Waals surface area contributed by atoms with Crippen LogP contribution < -0.4 is 0 Å². The Kier molecular flexibility index (Phi) is 5.31. The number of aliphatic hydroxyl groups excluding tert-OH is 2. The molecule has 2 fully saturated rings. The van der Waals surface area contributed by atoms with Crippen molar-refractivity contribution in [2.24, 2.45) is 0 Å². The van der Waals surface area contributed by atoms with E-state index in [2.05, 4.69) is 0 Å². The molecule has 138 valence electrons. The van der Waals surface area contributed by atoms with Gasteiger partial charge in [0.1, 0.15) is 24.4 Å². The Hall–Kier alpha value is -1.80. The average Bonchev–Trinajstić information content (AvgIpc) is 3.08. The molecular weight excluding hydrogens is 336 g/mol. The average molecular weight is 358 g/mol. The van der Waals surface area contributed by atoms with E-state index in [1.54, 1.807) is 0 Å². The predicted octanol–water partition coefficient (Wildman–Crippen LogP) is 1.94. The molecule has 2 N–H and O–H groups in total. The summed E-state index contributed by atoms with van der Waals surface area (Å²) >= 11 is 0. The van der Waals surface area contributed by atoms with Crippen LogP contribution in [0.5, 0.6) is 0 Å². The lowest BCUT2D eigenvalue weighted by atomic mass is 10.0. The van der Waals surface area contributed by atoms with E-state index < -0.39 is 37.0 Å². The molecule has 0 spiro atoms. The van der Waals surface area contributed by atoms with Crippen LogP contribution in [-0.2, 0) is 18.9 Å². The Morgan fingerprint density at radius 3 is 1.35 bits per heavy atom. The van der Waals surface area contributed by atoms with E-state index in [-0.39, 0.29) is 13.2 Å². The molecular formula is C20H22O6. The van der Waals surface area contributed by atoms with Gasteiger partial charge >= 0.3 is 0 Å². The van der Waals surface area contributed by atoms with E-state index in [0.29, 0.717) is 0 Å². The fourth-order valence-electron chi connectivity index (χ4n) is 3.40. The Balaban J connectivity index is 1.60. The van der Waals surface area contributed by atoms with Crippen LogP contribution in [0.15, 0.2) is 60.7 Å². The molecule has 2 aliphatic rings. The summed E-state index contributed by atoms with van der Waals surface area (Å²) < 4.78 is 24.1. The van der Waals surface area contributed by atoms with Gasteiger partial charge in [-0.25, -0.2) is 0 Å². The Bertz CT molecular complexity index is 672. The highest BCUT2D eigenvalue weighted by atomic mass is 16.8. The highest BCUT2D eigenvalue weighted by molar-refractivity contribution is 5.18. The molecule has 0 bridgehead atoms. The van der Waals surface area contributed by atoms with Crippen molar-refractivity contribution in [2.45, 2.75) is 37.0 Å². The summed E-state index contributed by atoms with van der Waals surface area (Å²) in [5, 5.41) is 19.7. The van der Waals surface area contributed by atoms with Gasteiger partial charge in [0.05, 0.1) is 13.2 Å². The fraction of sp³-hybridized carbons (Fsp3) is 0.400. The van der Waals surface area contributed by atoms with Gasteiger partial charge in [0.15, 0.2) is 12.6 Å². The maximum absolute atomic E-state index is 9.86. The SMILES string of the molecule is OC[C@@H]1OC(c2ccccc2)O[C@H](CO)[C@@H]2OC(c3ccccc3)O[C@H]21. The zero-order chi connectivity index (χ0) is 17.9. The number of fused-ring (bicyclic) bond motifs is 1. The smallest absolute Gasteiger partial charge is 0.184 e. The summed E-state index contributed by atoms with van der Waals surface area (Å²) in [4.78, 5) is 0. The van der Waals surface area contributed by atoms with Crippen molar-refractivity contribution in [3.8, 4) is 0 Å². The lowest BCUT2D eigenvalue weighted by molar-refractivity contribution is -0.223. The molecule has 6 heteroatoms. The minimum absolute atomic E-state index is 0.239. The van der Waals surface area contributed by atoms with Crippen LogP contribution in [0.25, 0.3) is 0 Å². The molecule has 0 aliphatic carbocycles. The van der Waals surface area contributed by atoms with Crippen LogP contribution in [0.4, 0.5) is 0 Å². The molecule has 2 aliphatic heterocycles. The third-order valence-electron chi connectivity index (χ3n) is 4.72. The number of rotatable bonds is 4. The molecule has 0 saturated carbocycles. The van der Waals surface area contributed by atoms with Gasteiger partial charge in [-0.05, 0) is 0 Å². The van der Waals surface area contributed by atoms with Crippen LogP contribution >= 0.6 is 0 Å². The first kappa shape index (κ1) is 17.6. The Morgan fingerprint density at radius 1 is 0.577 bits per heavy atom. The molecule has 26 heavy (non-hydrogen) atoms. The van der Waals surface area contributed by atoms with Crippen LogP contribution in [0.1, 0.15) is 23.7 Å². The lowest BCUT2D eigenvalue weighted by Gasteiger charge is -2.24. The number of aliphatic hydroxyl groups is 2. The summed E-state index contributed by atoms with van der Waals surface area (Å²) in [5.74, 6) is 0. The molecule has 6 nitrogen and oxygen atoms in total. The topological polar surface area (TPSA) is 77.4 Å². The van der Waals surface area contributed by atoms with Gasteiger partial charge in [0, 0.05) is 11.1 Å². The van der Waals surface area contributed by atoms with Gasteiger partial charge in [-0.2, -0.15) is 0 Å². The minimum atomic E-state index is -0.710. The first-order chi connectivity index (χ1) is 12.8. The maximum Gasteiger partial charge on any atom is 0.184 e. The third kappa shape index (κ3) is 3.40. The van der Waals surface area contributed by atoms with Crippen LogP contribution in [-0.4, -0.2) is 47.8 Å². The molecule has 2 heterocycles. The van der Waals surface area contributed by atoms with E-state index in [0.717, 1.165) is 11.1 Å². The second kappa shape index (κ2) is 7.84.